The first-order valence-corrected chi connectivity index (χ1v) is 5.32. The highest BCUT2D eigenvalue weighted by Gasteiger charge is 2.25. The maximum atomic E-state index is 11.2. The molecular formula is C10H20N2O2. The molecule has 0 bridgehead atoms. The second kappa shape index (κ2) is 5.98. The van der Waals surface area contributed by atoms with Gasteiger partial charge in [-0.3, -0.25) is 4.79 Å². The van der Waals surface area contributed by atoms with E-state index in [1.165, 1.54) is 0 Å². The summed E-state index contributed by atoms with van der Waals surface area (Å²) in [5, 5.41) is 2.84. The maximum absolute atomic E-state index is 11.2. The van der Waals surface area contributed by atoms with Crippen molar-refractivity contribution in [2.75, 3.05) is 19.8 Å². The van der Waals surface area contributed by atoms with Gasteiger partial charge in [-0.25, -0.2) is 0 Å². The highest BCUT2D eigenvalue weighted by Crippen LogP contribution is 2.24. The lowest BCUT2D eigenvalue weighted by molar-refractivity contribution is -0.126. The summed E-state index contributed by atoms with van der Waals surface area (Å²) in [5.74, 6) is 0.569. The highest BCUT2D eigenvalue weighted by molar-refractivity contribution is 5.77. The molecule has 0 heterocycles. The lowest BCUT2D eigenvalue weighted by Crippen LogP contribution is -2.43. The quantitative estimate of drug-likeness (QED) is 0.605. The number of carbonyl (C=O) groups is 1. The minimum absolute atomic E-state index is 0.0149. The third-order valence-electron chi connectivity index (χ3n) is 2.44. The average Bonchev–Trinajstić information content (AvgIpc) is 2.11. The average molecular weight is 200 g/mol. The van der Waals surface area contributed by atoms with Crippen molar-refractivity contribution < 1.29 is 9.53 Å². The maximum Gasteiger partial charge on any atom is 0.246 e. The SMILES string of the molecule is CCCOCC(=O)NCC1CC(N)C1. The largest absolute Gasteiger partial charge is 0.372 e. The van der Waals surface area contributed by atoms with E-state index in [9.17, 15) is 4.79 Å². The van der Waals surface area contributed by atoms with E-state index in [4.69, 9.17) is 10.5 Å². The van der Waals surface area contributed by atoms with Gasteiger partial charge in [0.15, 0.2) is 0 Å². The third-order valence-corrected chi connectivity index (χ3v) is 2.44. The van der Waals surface area contributed by atoms with Crippen LogP contribution in [0, 0.1) is 5.92 Å². The summed E-state index contributed by atoms with van der Waals surface area (Å²) < 4.78 is 5.11. The molecule has 0 aromatic heterocycles. The highest BCUT2D eigenvalue weighted by atomic mass is 16.5. The van der Waals surface area contributed by atoms with Crippen molar-refractivity contribution in [2.45, 2.75) is 32.2 Å². The van der Waals surface area contributed by atoms with Gasteiger partial charge in [0.2, 0.25) is 5.91 Å². The van der Waals surface area contributed by atoms with Gasteiger partial charge in [0.1, 0.15) is 6.61 Å². The van der Waals surface area contributed by atoms with Crippen LogP contribution in [0.4, 0.5) is 0 Å². The zero-order chi connectivity index (χ0) is 10.4. The Morgan fingerprint density at radius 2 is 2.29 bits per heavy atom. The molecule has 1 amide bonds. The molecule has 4 heteroatoms. The van der Waals surface area contributed by atoms with Crippen molar-refractivity contribution in [3.05, 3.63) is 0 Å². The van der Waals surface area contributed by atoms with Crippen molar-refractivity contribution in [3.8, 4) is 0 Å². The Labute approximate surface area is 85.2 Å². The minimum atomic E-state index is -0.0149. The first-order valence-electron chi connectivity index (χ1n) is 5.32. The Morgan fingerprint density at radius 1 is 1.57 bits per heavy atom. The number of hydrogen-bond acceptors (Lipinski definition) is 3. The normalized spacial score (nSPS) is 25.6. The zero-order valence-electron chi connectivity index (χ0n) is 8.79. The second-order valence-corrected chi connectivity index (χ2v) is 3.95. The van der Waals surface area contributed by atoms with Gasteiger partial charge in [-0.2, -0.15) is 0 Å². The summed E-state index contributed by atoms with van der Waals surface area (Å²) in [7, 11) is 0. The van der Waals surface area contributed by atoms with E-state index in [0.29, 0.717) is 18.6 Å². The lowest BCUT2D eigenvalue weighted by Gasteiger charge is -2.32. The van der Waals surface area contributed by atoms with Gasteiger partial charge in [0.25, 0.3) is 0 Å². The Kier molecular flexibility index (Phi) is 4.90. The summed E-state index contributed by atoms with van der Waals surface area (Å²) >= 11 is 0. The molecule has 0 aromatic rings. The zero-order valence-corrected chi connectivity index (χ0v) is 8.79. The van der Waals surface area contributed by atoms with E-state index in [1.54, 1.807) is 0 Å². The van der Waals surface area contributed by atoms with Gasteiger partial charge in [0, 0.05) is 19.2 Å². The molecule has 0 radical (unpaired) electrons. The van der Waals surface area contributed by atoms with Crippen LogP contribution in [0.25, 0.3) is 0 Å². The summed E-state index contributed by atoms with van der Waals surface area (Å²) in [6.45, 7) is 3.62. The van der Waals surface area contributed by atoms with Crippen molar-refractivity contribution >= 4 is 5.91 Å². The van der Waals surface area contributed by atoms with Crippen LogP contribution < -0.4 is 11.1 Å². The molecule has 1 aliphatic rings. The van der Waals surface area contributed by atoms with Gasteiger partial charge >= 0.3 is 0 Å². The molecule has 1 fully saturated rings. The van der Waals surface area contributed by atoms with Crippen molar-refractivity contribution in [2.24, 2.45) is 11.7 Å². The number of nitrogens with one attached hydrogen (secondary N) is 1. The van der Waals surface area contributed by atoms with Crippen molar-refractivity contribution in [1.29, 1.82) is 0 Å². The first-order chi connectivity index (χ1) is 6.72. The van der Waals surface area contributed by atoms with E-state index in [2.05, 4.69) is 5.32 Å². The number of hydrogen-bond donors (Lipinski definition) is 2. The molecule has 1 aliphatic carbocycles. The van der Waals surface area contributed by atoms with Gasteiger partial charge in [0.05, 0.1) is 0 Å². The molecule has 0 unspecified atom stereocenters. The van der Waals surface area contributed by atoms with Gasteiger partial charge in [-0.05, 0) is 25.2 Å². The molecule has 1 rings (SSSR count). The third kappa shape index (κ3) is 4.07. The monoisotopic (exact) mass is 200 g/mol. The molecule has 14 heavy (non-hydrogen) atoms. The lowest BCUT2D eigenvalue weighted by atomic mass is 9.81. The van der Waals surface area contributed by atoms with Crippen LogP contribution >= 0.6 is 0 Å². The van der Waals surface area contributed by atoms with Crippen LogP contribution in [0.5, 0.6) is 0 Å². The second-order valence-electron chi connectivity index (χ2n) is 3.95. The first kappa shape index (κ1) is 11.5. The predicted octanol–water partition coefficient (Wildman–Crippen LogP) is 0.267. The molecule has 0 atom stereocenters. The van der Waals surface area contributed by atoms with E-state index in [0.717, 1.165) is 25.8 Å². The van der Waals surface area contributed by atoms with Crippen LogP contribution in [0.1, 0.15) is 26.2 Å². The van der Waals surface area contributed by atoms with E-state index >= 15 is 0 Å². The van der Waals surface area contributed by atoms with E-state index < -0.39 is 0 Å². The topological polar surface area (TPSA) is 64.3 Å². The Morgan fingerprint density at radius 3 is 2.86 bits per heavy atom. The summed E-state index contributed by atoms with van der Waals surface area (Å²) in [6, 6.07) is 0.355. The number of carbonyl (C=O) groups excluding carboxylic acids is 1. The summed E-state index contributed by atoms with van der Waals surface area (Å²) in [6.07, 6.45) is 3.02. The molecule has 3 N–H and O–H groups in total. The molecular weight excluding hydrogens is 180 g/mol. The number of ether oxygens (including phenoxy) is 1. The molecule has 4 nitrogen and oxygen atoms in total. The van der Waals surface area contributed by atoms with Crippen molar-refractivity contribution in [3.63, 3.8) is 0 Å². The summed E-state index contributed by atoms with van der Waals surface area (Å²) in [4.78, 5) is 11.2. The Balaban J connectivity index is 1.93. The standard InChI is InChI=1S/C10H20N2O2/c1-2-3-14-7-10(13)12-6-8-4-9(11)5-8/h8-9H,2-7,11H2,1H3,(H,12,13). The van der Waals surface area contributed by atoms with Gasteiger partial charge in [-0.15, -0.1) is 0 Å². The fourth-order valence-corrected chi connectivity index (χ4v) is 1.57. The summed E-state index contributed by atoms with van der Waals surface area (Å²) in [5.41, 5.74) is 5.64. The Bertz CT molecular complexity index is 179. The van der Waals surface area contributed by atoms with Crippen molar-refractivity contribution in [1.82, 2.24) is 5.32 Å². The van der Waals surface area contributed by atoms with Crippen LogP contribution in [-0.4, -0.2) is 31.7 Å². The Hall–Kier alpha value is -0.610. The smallest absolute Gasteiger partial charge is 0.246 e. The van der Waals surface area contributed by atoms with E-state index in [1.807, 2.05) is 6.92 Å². The number of rotatable bonds is 6. The number of amides is 1. The minimum Gasteiger partial charge on any atom is -0.372 e. The predicted molar refractivity (Wildman–Crippen MR) is 54.8 cm³/mol. The molecule has 82 valence electrons. The molecule has 0 aliphatic heterocycles. The molecule has 0 spiro atoms. The van der Waals surface area contributed by atoms with Crippen LogP contribution in [-0.2, 0) is 9.53 Å². The molecule has 1 saturated carbocycles. The number of nitrogens with two attached hydrogens (primary N) is 1. The molecule has 0 saturated heterocycles. The van der Waals surface area contributed by atoms with Crippen LogP contribution in [0.2, 0.25) is 0 Å². The van der Waals surface area contributed by atoms with Crippen LogP contribution in [0.3, 0.4) is 0 Å². The fraction of sp³-hybridized carbons (Fsp3) is 0.900. The fourth-order valence-electron chi connectivity index (χ4n) is 1.57. The van der Waals surface area contributed by atoms with Gasteiger partial charge in [-0.1, -0.05) is 6.92 Å². The molecule has 0 aromatic carbocycles. The van der Waals surface area contributed by atoms with Crippen LogP contribution in [0.15, 0.2) is 0 Å². The van der Waals surface area contributed by atoms with Gasteiger partial charge < -0.3 is 15.8 Å². The van der Waals surface area contributed by atoms with E-state index in [-0.39, 0.29) is 12.5 Å².